The highest BCUT2D eigenvalue weighted by Gasteiger charge is 2.53. The van der Waals surface area contributed by atoms with E-state index in [1.54, 1.807) is 0 Å². The van der Waals surface area contributed by atoms with E-state index in [1.165, 1.54) is 17.0 Å². The van der Waals surface area contributed by atoms with E-state index in [2.05, 4.69) is 12.2 Å². The first kappa shape index (κ1) is 24.3. The molecule has 0 aromatic heterocycles. The largest absolute Gasteiger partial charge is 0.416 e. The maximum absolute atomic E-state index is 13.7. The van der Waals surface area contributed by atoms with Gasteiger partial charge in [0, 0.05) is 5.56 Å². The summed E-state index contributed by atoms with van der Waals surface area (Å²) in [5, 5.41) is 2.95. The maximum Gasteiger partial charge on any atom is 0.416 e. The highest BCUT2D eigenvalue weighted by Crippen LogP contribution is 2.43. The van der Waals surface area contributed by atoms with Gasteiger partial charge in [-0.3, -0.25) is 14.5 Å². The van der Waals surface area contributed by atoms with Crippen LogP contribution in [0.2, 0.25) is 0 Å². The van der Waals surface area contributed by atoms with Crippen molar-refractivity contribution in [2.24, 2.45) is 5.92 Å². The minimum Gasteiger partial charge on any atom is -0.353 e. The van der Waals surface area contributed by atoms with Gasteiger partial charge in [0.05, 0.1) is 18.2 Å². The van der Waals surface area contributed by atoms with Gasteiger partial charge < -0.3 is 10.1 Å². The number of nitrogens with zero attached hydrogens (tertiary/aromatic N) is 1. The lowest BCUT2D eigenvalue weighted by atomic mass is 9.83. The second-order valence-electron chi connectivity index (χ2n) is 9.35. The number of alkyl halides is 3. The van der Waals surface area contributed by atoms with Crippen LogP contribution in [-0.2, 0) is 15.7 Å². The van der Waals surface area contributed by atoms with Crippen LogP contribution in [0.25, 0.3) is 0 Å². The average Bonchev–Trinajstić information content (AvgIpc) is 3.19. The molecule has 1 aliphatic heterocycles. The molecule has 1 heterocycles. The molecule has 2 aromatic carbocycles. The second kappa shape index (κ2) is 9.41. The normalized spacial score (nSPS) is 25.9. The topological polar surface area (TPSA) is 58.6 Å². The van der Waals surface area contributed by atoms with E-state index in [0.29, 0.717) is 18.8 Å². The molecule has 0 radical (unpaired) electrons. The number of carbonyl (C=O) groups is 2. The molecular weight excluding hydrogens is 445 g/mol. The summed E-state index contributed by atoms with van der Waals surface area (Å²) in [5.74, 6) is -0.552. The van der Waals surface area contributed by atoms with Gasteiger partial charge in [-0.05, 0) is 62.3 Å². The Labute approximate surface area is 197 Å². The summed E-state index contributed by atoms with van der Waals surface area (Å²) in [4.78, 5) is 28.4. The van der Waals surface area contributed by atoms with Crippen LogP contribution in [0, 0.1) is 5.92 Å². The molecule has 1 saturated heterocycles. The molecule has 1 spiro atoms. The lowest BCUT2D eigenvalue weighted by Gasteiger charge is -2.43. The Morgan fingerprint density at radius 2 is 1.76 bits per heavy atom. The number of carbonyl (C=O) groups excluding carboxylic acids is 2. The zero-order valence-corrected chi connectivity index (χ0v) is 19.3. The third-order valence-corrected chi connectivity index (χ3v) is 6.93. The van der Waals surface area contributed by atoms with Gasteiger partial charge in [-0.15, -0.1) is 0 Å². The van der Waals surface area contributed by atoms with Crippen LogP contribution in [0.1, 0.15) is 67.1 Å². The number of ether oxygens (including phenoxy) is 1. The number of halogens is 3. The van der Waals surface area contributed by atoms with E-state index in [1.807, 2.05) is 37.3 Å². The Balaban J connectivity index is 1.64. The zero-order chi connectivity index (χ0) is 24.5. The molecular formula is C26H29F3N2O3. The number of amides is 2. The first-order valence-corrected chi connectivity index (χ1v) is 11.6. The molecule has 2 aliphatic rings. The molecule has 4 rings (SSSR count). The van der Waals surface area contributed by atoms with E-state index in [4.69, 9.17) is 4.74 Å². The van der Waals surface area contributed by atoms with Crippen LogP contribution in [0.3, 0.4) is 0 Å². The van der Waals surface area contributed by atoms with E-state index in [0.717, 1.165) is 30.5 Å². The third kappa shape index (κ3) is 4.82. The van der Waals surface area contributed by atoms with Crippen molar-refractivity contribution in [1.82, 2.24) is 10.2 Å². The maximum atomic E-state index is 13.7. The molecule has 1 saturated carbocycles. The summed E-state index contributed by atoms with van der Waals surface area (Å²) in [6, 6.07) is 12.5. The SMILES string of the molecule is CC1CCC2(CC1)OCC(C(=O)NC(C)c1ccccc1)N2C(=O)c1cccc(C(F)(F)F)c1. The van der Waals surface area contributed by atoms with Gasteiger partial charge in [0.25, 0.3) is 5.91 Å². The molecule has 8 heteroatoms. The fourth-order valence-corrected chi connectivity index (χ4v) is 4.88. The lowest BCUT2D eigenvalue weighted by Crippen LogP contribution is -2.57. The number of hydrogen-bond acceptors (Lipinski definition) is 3. The average molecular weight is 475 g/mol. The molecule has 182 valence electrons. The van der Waals surface area contributed by atoms with E-state index in [9.17, 15) is 22.8 Å². The molecule has 5 nitrogen and oxygen atoms in total. The van der Waals surface area contributed by atoms with Crippen LogP contribution >= 0.6 is 0 Å². The Hall–Kier alpha value is -2.87. The summed E-state index contributed by atoms with van der Waals surface area (Å²) in [5.41, 5.74) is -1.09. The third-order valence-electron chi connectivity index (χ3n) is 6.93. The molecule has 1 N–H and O–H groups in total. The predicted molar refractivity (Wildman–Crippen MR) is 121 cm³/mol. The molecule has 2 amide bonds. The summed E-state index contributed by atoms with van der Waals surface area (Å²) in [7, 11) is 0. The van der Waals surface area contributed by atoms with Crippen LogP contribution in [-0.4, -0.2) is 35.1 Å². The van der Waals surface area contributed by atoms with Gasteiger partial charge in [0.15, 0.2) is 0 Å². The van der Waals surface area contributed by atoms with Crippen molar-refractivity contribution in [1.29, 1.82) is 0 Å². The van der Waals surface area contributed by atoms with Crippen molar-refractivity contribution < 1.29 is 27.5 Å². The summed E-state index contributed by atoms with van der Waals surface area (Å²) in [6.07, 6.45) is -1.88. The van der Waals surface area contributed by atoms with Gasteiger partial charge >= 0.3 is 6.18 Å². The van der Waals surface area contributed by atoms with Crippen LogP contribution in [0.5, 0.6) is 0 Å². The molecule has 0 bridgehead atoms. The summed E-state index contributed by atoms with van der Waals surface area (Å²) < 4.78 is 46.0. The fraction of sp³-hybridized carbons (Fsp3) is 0.462. The van der Waals surface area contributed by atoms with Crippen molar-refractivity contribution in [3.05, 3.63) is 71.3 Å². The number of rotatable bonds is 4. The predicted octanol–water partition coefficient (Wildman–Crippen LogP) is 5.33. The van der Waals surface area contributed by atoms with Gasteiger partial charge in [-0.2, -0.15) is 13.2 Å². The molecule has 2 aromatic rings. The van der Waals surface area contributed by atoms with Crippen molar-refractivity contribution in [2.75, 3.05) is 6.61 Å². The minimum atomic E-state index is -4.57. The molecule has 2 unspecified atom stereocenters. The Bertz CT molecular complexity index is 1030. The summed E-state index contributed by atoms with van der Waals surface area (Å²) >= 11 is 0. The van der Waals surface area contributed by atoms with Gasteiger partial charge in [0.2, 0.25) is 5.91 Å². The molecule has 34 heavy (non-hydrogen) atoms. The van der Waals surface area contributed by atoms with E-state index >= 15 is 0 Å². The smallest absolute Gasteiger partial charge is 0.353 e. The van der Waals surface area contributed by atoms with Crippen molar-refractivity contribution in [2.45, 2.75) is 63.5 Å². The number of benzene rings is 2. The van der Waals surface area contributed by atoms with Gasteiger partial charge in [-0.1, -0.05) is 43.3 Å². The molecule has 1 aliphatic carbocycles. The first-order chi connectivity index (χ1) is 16.1. The Kier molecular flexibility index (Phi) is 6.71. The second-order valence-corrected chi connectivity index (χ2v) is 9.35. The fourth-order valence-electron chi connectivity index (χ4n) is 4.88. The van der Waals surface area contributed by atoms with Crippen LogP contribution in [0.15, 0.2) is 54.6 Å². The molecule has 2 fully saturated rings. The van der Waals surface area contributed by atoms with Gasteiger partial charge in [-0.25, -0.2) is 0 Å². The summed E-state index contributed by atoms with van der Waals surface area (Å²) in [6.45, 7) is 3.97. The number of nitrogens with one attached hydrogen (secondary N) is 1. The van der Waals surface area contributed by atoms with Gasteiger partial charge in [0.1, 0.15) is 11.8 Å². The quantitative estimate of drug-likeness (QED) is 0.652. The van der Waals surface area contributed by atoms with E-state index < -0.39 is 29.4 Å². The highest BCUT2D eigenvalue weighted by atomic mass is 19.4. The monoisotopic (exact) mass is 474 g/mol. The Morgan fingerprint density at radius 1 is 1.09 bits per heavy atom. The zero-order valence-electron chi connectivity index (χ0n) is 19.3. The Morgan fingerprint density at radius 3 is 2.41 bits per heavy atom. The highest BCUT2D eigenvalue weighted by molar-refractivity contribution is 5.98. The van der Waals surface area contributed by atoms with Crippen LogP contribution in [0.4, 0.5) is 13.2 Å². The van der Waals surface area contributed by atoms with Crippen molar-refractivity contribution in [3.63, 3.8) is 0 Å². The van der Waals surface area contributed by atoms with E-state index in [-0.39, 0.29) is 24.1 Å². The molecule has 2 atom stereocenters. The van der Waals surface area contributed by atoms with Crippen molar-refractivity contribution in [3.8, 4) is 0 Å². The lowest BCUT2D eigenvalue weighted by molar-refractivity contribution is -0.137. The minimum absolute atomic E-state index is 0.00637. The van der Waals surface area contributed by atoms with Crippen LogP contribution < -0.4 is 5.32 Å². The standard InChI is InChI=1S/C26H29F3N2O3/c1-17-11-13-25(14-12-17)31(24(33)20-9-6-10-21(15-20)26(27,28)29)22(16-34-25)23(32)30-18(2)19-7-4-3-5-8-19/h3-10,15,17-18,22H,11-14,16H2,1-2H3,(H,30,32). The van der Waals surface area contributed by atoms with Crippen molar-refractivity contribution >= 4 is 11.8 Å². The first-order valence-electron chi connectivity index (χ1n) is 11.6. The number of hydrogen-bond donors (Lipinski definition) is 1.